The van der Waals surface area contributed by atoms with Crippen LogP contribution in [0, 0.1) is 17.8 Å². The maximum absolute atomic E-state index is 12.1. The molecular weight excluding hydrogens is 200 g/mol. The van der Waals surface area contributed by atoms with Gasteiger partial charge in [-0.15, -0.1) is 0 Å². The lowest BCUT2D eigenvalue weighted by Crippen LogP contribution is -2.54. The third-order valence-electron chi connectivity index (χ3n) is 4.75. The fraction of sp³-hybridized carbons (Fsp3) is 0.923. The van der Waals surface area contributed by atoms with Crippen molar-refractivity contribution in [2.45, 2.75) is 51.5 Å². The number of fused-ring (bicyclic) bond motifs is 1. The van der Waals surface area contributed by atoms with E-state index in [2.05, 4.69) is 19.2 Å². The van der Waals surface area contributed by atoms with Crippen LogP contribution in [0.15, 0.2) is 0 Å². The molecule has 0 heterocycles. The van der Waals surface area contributed by atoms with E-state index in [9.17, 15) is 4.79 Å². The summed E-state index contributed by atoms with van der Waals surface area (Å²) in [5.74, 6) is 2.26. The van der Waals surface area contributed by atoms with E-state index >= 15 is 0 Å². The Bertz CT molecular complexity index is 255. The molecule has 0 aromatic heterocycles. The first-order chi connectivity index (χ1) is 7.64. The van der Waals surface area contributed by atoms with Crippen LogP contribution in [-0.2, 0) is 4.79 Å². The van der Waals surface area contributed by atoms with E-state index in [0.29, 0.717) is 6.54 Å². The van der Waals surface area contributed by atoms with Crippen LogP contribution < -0.4 is 11.1 Å². The fourth-order valence-electron chi connectivity index (χ4n) is 3.06. The van der Waals surface area contributed by atoms with Gasteiger partial charge in [-0.25, -0.2) is 0 Å². The lowest BCUT2D eigenvalue weighted by atomic mass is 9.91. The van der Waals surface area contributed by atoms with Gasteiger partial charge < -0.3 is 11.1 Å². The molecule has 3 nitrogen and oxygen atoms in total. The minimum absolute atomic E-state index is 0.163. The van der Waals surface area contributed by atoms with Gasteiger partial charge in [0.25, 0.3) is 0 Å². The Balaban J connectivity index is 1.89. The van der Waals surface area contributed by atoms with Crippen molar-refractivity contribution in [2.24, 2.45) is 23.5 Å². The summed E-state index contributed by atoms with van der Waals surface area (Å²) in [5.41, 5.74) is 5.63. The van der Waals surface area contributed by atoms with Gasteiger partial charge in [0, 0.05) is 12.5 Å². The Kier molecular flexibility index (Phi) is 3.24. The van der Waals surface area contributed by atoms with Gasteiger partial charge in [0.05, 0.1) is 5.54 Å². The molecule has 2 aliphatic rings. The average molecular weight is 224 g/mol. The highest BCUT2D eigenvalue weighted by Crippen LogP contribution is 2.54. The van der Waals surface area contributed by atoms with Gasteiger partial charge in [-0.1, -0.05) is 13.8 Å². The summed E-state index contributed by atoms with van der Waals surface area (Å²) in [6.45, 7) is 4.75. The third-order valence-corrected chi connectivity index (χ3v) is 4.75. The average Bonchev–Trinajstić information content (AvgIpc) is 2.93. The van der Waals surface area contributed by atoms with Gasteiger partial charge in [0.15, 0.2) is 0 Å². The highest BCUT2D eigenvalue weighted by molar-refractivity contribution is 5.80. The van der Waals surface area contributed by atoms with Crippen LogP contribution in [0.3, 0.4) is 0 Å². The first-order valence-corrected chi connectivity index (χ1v) is 6.66. The second kappa shape index (κ2) is 4.36. The van der Waals surface area contributed by atoms with Crippen LogP contribution in [0.25, 0.3) is 0 Å². The summed E-state index contributed by atoms with van der Waals surface area (Å²) in [6.07, 6.45) is 5.44. The lowest BCUT2D eigenvalue weighted by Gasteiger charge is -2.32. The molecule has 3 heteroatoms. The normalized spacial score (nSPS) is 32.3. The van der Waals surface area contributed by atoms with E-state index in [-0.39, 0.29) is 17.4 Å². The molecule has 2 rings (SSSR count). The fourth-order valence-corrected chi connectivity index (χ4v) is 3.06. The van der Waals surface area contributed by atoms with Gasteiger partial charge in [0.2, 0.25) is 5.91 Å². The van der Waals surface area contributed by atoms with Crippen LogP contribution in [-0.4, -0.2) is 18.0 Å². The zero-order valence-corrected chi connectivity index (χ0v) is 10.5. The number of carbonyl (C=O) groups excluding carboxylic acids is 1. The van der Waals surface area contributed by atoms with Crippen LogP contribution in [0.4, 0.5) is 0 Å². The second-order valence-corrected chi connectivity index (χ2v) is 5.61. The van der Waals surface area contributed by atoms with Gasteiger partial charge in [-0.05, 0) is 43.9 Å². The first kappa shape index (κ1) is 11.9. The van der Waals surface area contributed by atoms with Crippen molar-refractivity contribution >= 4 is 5.91 Å². The van der Waals surface area contributed by atoms with E-state index < -0.39 is 0 Å². The molecule has 2 atom stereocenters. The molecule has 16 heavy (non-hydrogen) atoms. The molecule has 0 bridgehead atoms. The zero-order chi connectivity index (χ0) is 11.8. The topological polar surface area (TPSA) is 55.1 Å². The van der Waals surface area contributed by atoms with Crippen molar-refractivity contribution in [3.8, 4) is 0 Å². The number of nitrogens with two attached hydrogens (primary N) is 1. The minimum atomic E-state index is -0.163. The Hall–Kier alpha value is -0.570. The first-order valence-electron chi connectivity index (χ1n) is 6.66. The minimum Gasteiger partial charge on any atom is -0.349 e. The zero-order valence-electron chi connectivity index (χ0n) is 10.5. The number of hydrogen-bond acceptors (Lipinski definition) is 2. The summed E-state index contributed by atoms with van der Waals surface area (Å²) in [4.78, 5) is 12.1. The van der Waals surface area contributed by atoms with Crippen molar-refractivity contribution in [2.75, 3.05) is 6.54 Å². The summed E-state index contributed by atoms with van der Waals surface area (Å²) in [7, 11) is 0. The smallest absolute Gasteiger partial charge is 0.223 e. The van der Waals surface area contributed by atoms with Crippen LogP contribution >= 0.6 is 0 Å². The molecule has 0 spiro atoms. The van der Waals surface area contributed by atoms with Crippen molar-refractivity contribution in [3.63, 3.8) is 0 Å². The molecule has 0 aromatic carbocycles. The number of carbonyl (C=O) groups is 1. The van der Waals surface area contributed by atoms with Gasteiger partial charge in [-0.3, -0.25) is 4.79 Å². The Morgan fingerprint density at radius 1 is 1.25 bits per heavy atom. The van der Waals surface area contributed by atoms with E-state index in [1.54, 1.807) is 0 Å². The molecule has 92 valence electrons. The molecule has 0 radical (unpaired) electrons. The van der Waals surface area contributed by atoms with Crippen molar-refractivity contribution in [3.05, 3.63) is 0 Å². The largest absolute Gasteiger partial charge is 0.349 e. The molecular formula is C13H24N2O. The van der Waals surface area contributed by atoms with Crippen LogP contribution in [0.1, 0.15) is 46.0 Å². The summed E-state index contributed by atoms with van der Waals surface area (Å²) >= 11 is 0. The van der Waals surface area contributed by atoms with E-state index in [1.165, 1.54) is 6.42 Å². The predicted octanol–water partition coefficient (Wildman–Crippen LogP) is 1.67. The molecule has 3 N–H and O–H groups in total. The molecule has 2 unspecified atom stereocenters. The standard InChI is InChI=1S/C13H24N2O/c1-3-13(4-2,8-14)15-12(16)11-6-9-5-10(9)7-11/h9-11H,3-8,14H2,1-2H3,(H,15,16). The molecule has 0 aromatic rings. The molecule has 1 amide bonds. The molecule has 2 aliphatic carbocycles. The van der Waals surface area contributed by atoms with Gasteiger partial charge >= 0.3 is 0 Å². The SMILES string of the molecule is CCC(CC)(CN)NC(=O)C1CC2CC2C1. The van der Waals surface area contributed by atoms with Crippen molar-refractivity contribution in [1.29, 1.82) is 0 Å². The second-order valence-electron chi connectivity index (χ2n) is 5.61. The number of rotatable bonds is 5. The summed E-state index contributed by atoms with van der Waals surface area (Å²) in [5, 5.41) is 3.20. The lowest BCUT2D eigenvalue weighted by molar-refractivity contribution is -0.127. The van der Waals surface area contributed by atoms with Crippen molar-refractivity contribution < 1.29 is 4.79 Å². The van der Waals surface area contributed by atoms with Gasteiger partial charge in [0.1, 0.15) is 0 Å². The van der Waals surface area contributed by atoms with Gasteiger partial charge in [-0.2, -0.15) is 0 Å². The Morgan fingerprint density at radius 2 is 1.81 bits per heavy atom. The highest BCUT2D eigenvalue weighted by Gasteiger charge is 2.48. The molecule has 0 saturated heterocycles. The highest BCUT2D eigenvalue weighted by atomic mass is 16.2. The Morgan fingerprint density at radius 3 is 2.25 bits per heavy atom. The third kappa shape index (κ3) is 2.10. The Labute approximate surface area is 98.2 Å². The summed E-state index contributed by atoms with van der Waals surface area (Å²) < 4.78 is 0. The van der Waals surface area contributed by atoms with Crippen molar-refractivity contribution in [1.82, 2.24) is 5.32 Å². The molecule has 2 fully saturated rings. The number of nitrogens with one attached hydrogen (secondary N) is 1. The maximum atomic E-state index is 12.1. The van der Waals surface area contributed by atoms with Crippen LogP contribution in [0.2, 0.25) is 0 Å². The number of amides is 1. The quantitative estimate of drug-likeness (QED) is 0.746. The monoisotopic (exact) mass is 224 g/mol. The van der Waals surface area contributed by atoms with Crippen LogP contribution in [0.5, 0.6) is 0 Å². The number of hydrogen-bond donors (Lipinski definition) is 2. The van der Waals surface area contributed by atoms with E-state index in [1.807, 2.05) is 0 Å². The predicted molar refractivity (Wildman–Crippen MR) is 64.8 cm³/mol. The molecule has 2 saturated carbocycles. The maximum Gasteiger partial charge on any atom is 0.223 e. The van der Waals surface area contributed by atoms with E-state index in [4.69, 9.17) is 5.73 Å². The van der Waals surface area contributed by atoms with E-state index in [0.717, 1.165) is 37.5 Å². The summed E-state index contributed by atoms with van der Waals surface area (Å²) in [6, 6.07) is 0. The molecule has 0 aliphatic heterocycles.